The van der Waals surface area contributed by atoms with Gasteiger partial charge in [0.2, 0.25) is 5.91 Å². The van der Waals surface area contributed by atoms with E-state index in [1.807, 2.05) is 12.1 Å². The van der Waals surface area contributed by atoms with Crippen LogP contribution in [0.4, 0.5) is 11.5 Å². The number of rotatable bonds is 4. The van der Waals surface area contributed by atoms with E-state index in [4.69, 9.17) is 21.1 Å². The van der Waals surface area contributed by atoms with E-state index in [0.717, 1.165) is 62.1 Å². The van der Waals surface area contributed by atoms with Crippen LogP contribution in [0.25, 0.3) is 10.8 Å². The molecule has 1 unspecified atom stereocenters. The van der Waals surface area contributed by atoms with Crippen molar-refractivity contribution in [3.05, 3.63) is 29.4 Å². The maximum Gasteiger partial charge on any atom is 0.229 e. The summed E-state index contributed by atoms with van der Waals surface area (Å²) in [6.45, 7) is 7.76. The fourth-order valence-corrected chi connectivity index (χ4v) is 6.16. The van der Waals surface area contributed by atoms with Crippen molar-refractivity contribution in [1.29, 1.82) is 0 Å². The largest absolute Gasteiger partial charge is 0.389 e. The van der Waals surface area contributed by atoms with E-state index in [1.54, 1.807) is 6.20 Å². The standard InChI is InChI=1S/C25H31ClN4O4/c1-24(14-34-13-21(24)31)30-5-3-29(4-6-30)20-9-16-10-22(27-12-17(16)8-19(20)26)28-23(32)18-11-25(18)2-7-33-15-25/h8-10,12,18,21,31H,2-7,11,13-15H2,1H3,(H,27,28,32)/t18-,21-,24+,25?/m1/s1. The summed E-state index contributed by atoms with van der Waals surface area (Å²) in [6, 6.07) is 5.96. The molecule has 34 heavy (non-hydrogen) atoms. The topological polar surface area (TPSA) is 87.2 Å². The lowest BCUT2D eigenvalue weighted by molar-refractivity contribution is -0.118. The van der Waals surface area contributed by atoms with Gasteiger partial charge in [0.1, 0.15) is 5.82 Å². The van der Waals surface area contributed by atoms with Crippen molar-refractivity contribution in [2.75, 3.05) is 62.8 Å². The summed E-state index contributed by atoms with van der Waals surface area (Å²) in [6.07, 6.45) is 3.18. The van der Waals surface area contributed by atoms with Gasteiger partial charge in [-0.3, -0.25) is 9.69 Å². The molecule has 4 fully saturated rings. The number of piperazine rings is 1. The number of pyridine rings is 1. The summed E-state index contributed by atoms with van der Waals surface area (Å²) in [7, 11) is 0. The van der Waals surface area contributed by atoms with E-state index < -0.39 is 6.10 Å². The molecule has 0 bridgehead atoms. The van der Waals surface area contributed by atoms with Crippen molar-refractivity contribution >= 4 is 39.8 Å². The zero-order chi connectivity index (χ0) is 23.5. The molecule has 1 amide bonds. The monoisotopic (exact) mass is 486 g/mol. The molecule has 4 aliphatic rings. The molecule has 1 aliphatic carbocycles. The minimum Gasteiger partial charge on any atom is -0.389 e. The number of aromatic nitrogens is 1. The highest BCUT2D eigenvalue weighted by Gasteiger charge is 2.59. The first kappa shape index (κ1) is 22.5. The molecule has 182 valence electrons. The van der Waals surface area contributed by atoms with Crippen molar-refractivity contribution in [1.82, 2.24) is 9.88 Å². The zero-order valence-electron chi connectivity index (χ0n) is 19.4. The number of anilines is 2. The Morgan fingerprint density at radius 1 is 1.18 bits per heavy atom. The van der Waals surface area contributed by atoms with Gasteiger partial charge in [-0.2, -0.15) is 0 Å². The lowest BCUT2D eigenvalue weighted by atomic mass is 9.95. The Morgan fingerprint density at radius 3 is 2.71 bits per heavy atom. The fourth-order valence-electron chi connectivity index (χ4n) is 5.87. The van der Waals surface area contributed by atoms with Crippen LogP contribution in [-0.2, 0) is 14.3 Å². The molecule has 2 aromatic rings. The number of aliphatic hydroxyl groups excluding tert-OH is 1. The number of carbonyl (C=O) groups excluding carboxylic acids is 1. The number of nitrogens with one attached hydrogen (secondary N) is 1. The molecule has 1 spiro atoms. The first-order chi connectivity index (χ1) is 16.4. The van der Waals surface area contributed by atoms with E-state index in [0.29, 0.717) is 30.7 Å². The lowest BCUT2D eigenvalue weighted by Gasteiger charge is -2.45. The summed E-state index contributed by atoms with van der Waals surface area (Å²) in [4.78, 5) is 21.8. The number of aliphatic hydroxyl groups is 1. The average Bonchev–Trinajstić information content (AvgIpc) is 3.14. The fraction of sp³-hybridized carbons (Fsp3) is 0.600. The average molecular weight is 487 g/mol. The Hall–Kier alpha value is -1.97. The molecule has 1 saturated carbocycles. The van der Waals surface area contributed by atoms with Gasteiger partial charge in [-0.15, -0.1) is 0 Å². The highest BCUT2D eigenvalue weighted by atomic mass is 35.5. The second-order valence-electron chi connectivity index (χ2n) is 10.5. The maximum absolute atomic E-state index is 12.8. The number of hydrogen-bond donors (Lipinski definition) is 2. The van der Waals surface area contributed by atoms with Crippen LogP contribution in [0.2, 0.25) is 5.02 Å². The summed E-state index contributed by atoms with van der Waals surface area (Å²) < 4.78 is 11.0. The van der Waals surface area contributed by atoms with Crippen molar-refractivity contribution in [2.24, 2.45) is 11.3 Å². The molecule has 3 saturated heterocycles. The van der Waals surface area contributed by atoms with Crippen molar-refractivity contribution in [2.45, 2.75) is 31.4 Å². The molecule has 4 heterocycles. The van der Waals surface area contributed by atoms with Gasteiger partial charge in [0.25, 0.3) is 0 Å². The molecule has 0 radical (unpaired) electrons. The third-order valence-corrected chi connectivity index (χ3v) is 8.71. The van der Waals surface area contributed by atoms with Crippen LogP contribution < -0.4 is 10.2 Å². The van der Waals surface area contributed by atoms with Gasteiger partial charge in [0.05, 0.1) is 42.2 Å². The van der Waals surface area contributed by atoms with Gasteiger partial charge in [0, 0.05) is 55.7 Å². The third kappa shape index (κ3) is 3.76. The van der Waals surface area contributed by atoms with Crippen molar-refractivity contribution in [3.8, 4) is 0 Å². The zero-order valence-corrected chi connectivity index (χ0v) is 20.2. The molecular weight excluding hydrogens is 456 g/mol. The Bertz CT molecular complexity index is 1120. The molecule has 9 heteroatoms. The minimum atomic E-state index is -0.462. The Balaban J connectivity index is 1.16. The van der Waals surface area contributed by atoms with Crippen molar-refractivity contribution < 1.29 is 19.4 Å². The van der Waals surface area contributed by atoms with E-state index in [9.17, 15) is 9.90 Å². The minimum absolute atomic E-state index is 0.0233. The predicted molar refractivity (Wildman–Crippen MR) is 130 cm³/mol. The number of fused-ring (bicyclic) bond motifs is 1. The van der Waals surface area contributed by atoms with E-state index in [2.05, 4.69) is 33.1 Å². The van der Waals surface area contributed by atoms with Gasteiger partial charge in [-0.05, 0) is 43.4 Å². The number of hydrogen-bond acceptors (Lipinski definition) is 7. The van der Waals surface area contributed by atoms with E-state index in [-0.39, 0.29) is 22.8 Å². The normalized spacial score (nSPS) is 33.7. The lowest BCUT2D eigenvalue weighted by Crippen LogP contribution is -2.60. The molecule has 1 aromatic heterocycles. The van der Waals surface area contributed by atoms with Crippen LogP contribution in [0.5, 0.6) is 0 Å². The van der Waals surface area contributed by atoms with Crippen LogP contribution in [-0.4, -0.2) is 85.1 Å². The SMILES string of the molecule is C[C@]1(N2CCN(c3cc4cc(NC(=O)[C@H]5CC56CCOC6)ncc4cc3Cl)CC2)COC[C@H]1O. The Morgan fingerprint density at radius 2 is 2.00 bits per heavy atom. The molecule has 8 nitrogen and oxygen atoms in total. The number of benzene rings is 1. The van der Waals surface area contributed by atoms with Crippen LogP contribution in [0.15, 0.2) is 24.4 Å². The van der Waals surface area contributed by atoms with Gasteiger partial charge >= 0.3 is 0 Å². The molecular formula is C25H31ClN4O4. The first-order valence-electron chi connectivity index (χ1n) is 12.1. The molecule has 4 atom stereocenters. The summed E-state index contributed by atoms with van der Waals surface area (Å²) >= 11 is 6.67. The van der Waals surface area contributed by atoms with Gasteiger partial charge in [-0.25, -0.2) is 4.98 Å². The van der Waals surface area contributed by atoms with Gasteiger partial charge < -0.3 is 24.8 Å². The summed E-state index contributed by atoms with van der Waals surface area (Å²) in [5, 5.41) is 16.0. The third-order valence-electron chi connectivity index (χ3n) is 8.41. The molecule has 2 N–H and O–H groups in total. The summed E-state index contributed by atoms with van der Waals surface area (Å²) in [5.74, 6) is 0.629. The highest BCUT2D eigenvalue weighted by molar-refractivity contribution is 6.34. The molecule has 3 aliphatic heterocycles. The number of carbonyl (C=O) groups is 1. The number of halogens is 1. The van der Waals surface area contributed by atoms with Crippen LogP contribution >= 0.6 is 11.6 Å². The Kier molecular flexibility index (Phi) is 5.50. The van der Waals surface area contributed by atoms with Crippen LogP contribution in [0.1, 0.15) is 19.8 Å². The quantitative estimate of drug-likeness (QED) is 0.686. The Labute approximate surface area is 204 Å². The predicted octanol–water partition coefficient (Wildman–Crippen LogP) is 2.53. The number of ether oxygens (including phenoxy) is 2. The first-order valence-corrected chi connectivity index (χ1v) is 12.5. The van der Waals surface area contributed by atoms with E-state index >= 15 is 0 Å². The smallest absolute Gasteiger partial charge is 0.229 e. The second kappa shape index (κ2) is 8.31. The highest BCUT2D eigenvalue weighted by Crippen LogP contribution is 2.58. The number of amides is 1. The maximum atomic E-state index is 12.8. The van der Waals surface area contributed by atoms with Gasteiger partial charge in [0.15, 0.2) is 0 Å². The van der Waals surface area contributed by atoms with Gasteiger partial charge in [-0.1, -0.05) is 11.6 Å². The van der Waals surface area contributed by atoms with E-state index in [1.165, 1.54) is 0 Å². The van der Waals surface area contributed by atoms with Crippen LogP contribution in [0, 0.1) is 11.3 Å². The second-order valence-corrected chi connectivity index (χ2v) is 10.9. The molecule has 6 rings (SSSR count). The van der Waals surface area contributed by atoms with Crippen LogP contribution in [0.3, 0.4) is 0 Å². The van der Waals surface area contributed by atoms with Crippen molar-refractivity contribution in [3.63, 3.8) is 0 Å². The number of nitrogens with zero attached hydrogens (tertiary/aromatic N) is 3. The summed E-state index contributed by atoms with van der Waals surface area (Å²) in [5.41, 5.74) is 0.708. The molecule has 1 aromatic carbocycles.